The highest BCUT2D eigenvalue weighted by molar-refractivity contribution is 5.54. The molecule has 0 saturated heterocycles. The van der Waals surface area contributed by atoms with Gasteiger partial charge in [-0.05, 0) is 62.6 Å². The molecule has 110 valence electrons. The molecular formula is C18H28N2. The highest BCUT2D eigenvalue weighted by Crippen LogP contribution is 2.48. The van der Waals surface area contributed by atoms with E-state index in [9.17, 15) is 0 Å². The molecule has 0 aromatic heterocycles. The molecule has 0 amide bonds. The van der Waals surface area contributed by atoms with Gasteiger partial charge in [-0.3, -0.25) is 0 Å². The molecule has 0 spiro atoms. The van der Waals surface area contributed by atoms with Crippen LogP contribution in [0.25, 0.3) is 0 Å². The van der Waals surface area contributed by atoms with Gasteiger partial charge in [0.15, 0.2) is 0 Å². The number of anilines is 1. The van der Waals surface area contributed by atoms with Crippen molar-refractivity contribution < 1.29 is 0 Å². The van der Waals surface area contributed by atoms with Crippen molar-refractivity contribution in [2.45, 2.75) is 38.6 Å². The highest BCUT2D eigenvalue weighted by atomic mass is 15.1. The van der Waals surface area contributed by atoms with Gasteiger partial charge in [-0.25, -0.2) is 0 Å². The molecule has 2 heteroatoms. The smallest absolute Gasteiger partial charge is 0.0412 e. The third kappa shape index (κ3) is 2.58. The summed E-state index contributed by atoms with van der Waals surface area (Å²) in [5, 5.41) is 3.37. The minimum atomic E-state index is 0.411. The predicted molar refractivity (Wildman–Crippen MR) is 86.1 cm³/mol. The number of nitrogens with one attached hydrogen (secondary N) is 1. The maximum Gasteiger partial charge on any atom is 0.0412 e. The van der Waals surface area contributed by atoms with Crippen molar-refractivity contribution in [2.75, 3.05) is 25.5 Å². The van der Waals surface area contributed by atoms with Crippen LogP contribution in [-0.4, -0.2) is 20.6 Å². The Bertz CT molecular complexity index is 456. The van der Waals surface area contributed by atoms with Gasteiger partial charge < -0.3 is 10.2 Å². The summed E-state index contributed by atoms with van der Waals surface area (Å²) in [6.07, 6.45) is 5.96. The monoisotopic (exact) mass is 272 g/mol. The average molecular weight is 272 g/mol. The Morgan fingerprint density at radius 1 is 1.25 bits per heavy atom. The Balaban J connectivity index is 1.72. The van der Waals surface area contributed by atoms with Gasteiger partial charge >= 0.3 is 0 Å². The van der Waals surface area contributed by atoms with Crippen LogP contribution in [0.3, 0.4) is 0 Å². The first-order valence-corrected chi connectivity index (χ1v) is 8.16. The molecule has 0 heterocycles. The molecule has 2 nitrogen and oxygen atoms in total. The van der Waals surface area contributed by atoms with E-state index in [1.165, 1.54) is 43.5 Å². The van der Waals surface area contributed by atoms with Crippen molar-refractivity contribution in [2.24, 2.45) is 17.8 Å². The highest BCUT2D eigenvalue weighted by Gasteiger charge is 2.39. The summed E-state index contributed by atoms with van der Waals surface area (Å²) >= 11 is 0. The summed E-state index contributed by atoms with van der Waals surface area (Å²) in [5.41, 5.74) is 2.82. The maximum absolute atomic E-state index is 3.37. The lowest BCUT2D eigenvalue weighted by molar-refractivity contribution is 0.337. The van der Waals surface area contributed by atoms with E-state index < -0.39 is 0 Å². The lowest BCUT2D eigenvalue weighted by atomic mass is 9.88. The number of rotatable bonds is 5. The molecule has 2 bridgehead atoms. The van der Waals surface area contributed by atoms with Gasteiger partial charge in [0.05, 0.1) is 0 Å². The Hall–Kier alpha value is -1.02. The summed E-state index contributed by atoms with van der Waals surface area (Å²) in [6, 6.07) is 9.26. The van der Waals surface area contributed by atoms with Crippen molar-refractivity contribution in [3.8, 4) is 0 Å². The molecule has 4 unspecified atom stereocenters. The first-order valence-electron chi connectivity index (χ1n) is 8.16. The summed E-state index contributed by atoms with van der Waals surface area (Å²) < 4.78 is 0. The standard InChI is InChI=1S/C18H28N2/c1-13(19-2)17-6-4-5-7-18(17)20(3)12-16-11-14-8-9-15(16)10-14/h4-7,13-16,19H,8-12H2,1-3H3. The van der Waals surface area contributed by atoms with Crippen LogP contribution in [-0.2, 0) is 0 Å². The molecule has 2 aliphatic rings. The zero-order chi connectivity index (χ0) is 14.1. The van der Waals surface area contributed by atoms with Crippen LogP contribution in [0.15, 0.2) is 24.3 Å². The lowest BCUT2D eigenvalue weighted by Gasteiger charge is -2.31. The zero-order valence-corrected chi connectivity index (χ0v) is 13.1. The Morgan fingerprint density at radius 3 is 2.70 bits per heavy atom. The van der Waals surface area contributed by atoms with E-state index in [4.69, 9.17) is 0 Å². The van der Waals surface area contributed by atoms with Crippen molar-refractivity contribution in [1.29, 1.82) is 0 Å². The van der Waals surface area contributed by atoms with Crippen molar-refractivity contribution >= 4 is 5.69 Å². The van der Waals surface area contributed by atoms with Gasteiger partial charge in [-0.15, -0.1) is 0 Å². The lowest BCUT2D eigenvalue weighted by Crippen LogP contribution is -2.30. The Morgan fingerprint density at radius 2 is 2.05 bits per heavy atom. The predicted octanol–water partition coefficient (Wildman–Crippen LogP) is 3.84. The van der Waals surface area contributed by atoms with Crippen LogP contribution in [0.2, 0.25) is 0 Å². The van der Waals surface area contributed by atoms with E-state index in [1.807, 2.05) is 7.05 Å². The fraction of sp³-hybridized carbons (Fsp3) is 0.667. The van der Waals surface area contributed by atoms with Gasteiger partial charge in [0.2, 0.25) is 0 Å². The van der Waals surface area contributed by atoms with Crippen LogP contribution < -0.4 is 10.2 Å². The van der Waals surface area contributed by atoms with Crippen molar-refractivity contribution in [1.82, 2.24) is 5.32 Å². The van der Waals surface area contributed by atoms with Crippen LogP contribution in [0, 0.1) is 17.8 Å². The quantitative estimate of drug-likeness (QED) is 0.876. The fourth-order valence-corrected chi connectivity index (χ4v) is 4.41. The molecule has 0 aliphatic heterocycles. The molecule has 0 radical (unpaired) electrons. The normalized spacial score (nSPS) is 29.6. The van der Waals surface area contributed by atoms with E-state index in [-0.39, 0.29) is 0 Å². The number of benzene rings is 1. The van der Waals surface area contributed by atoms with Crippen molar-refractivity contribution in [3.05, 3.63) is 29.8 Å². The zero-order valence-electron chi connectivity index (χ0n) is 13.1. The summed E-state index contributed by atoms with van der Waals surface area (Å²) in [7, 11) is 4.31. The molecule has 1 aromatic carbocycles. The number of nitrogens with zero attached hydrogens (tertiary/aromatic N) is 1. The maximum atomic E-state index is 3.37. The van der Waals surface area contributed by atoms with Gasteiger partial charge in [0, 0.05) is 25.3 Å². The van der Waals surface area contributed by atoms with Gasteiger partial charge in [-0.2, -0.15) is 0 Å². The molecular weight excluding hydrogens is 244 g/mol. The number of para-hydroxylation sites is 1. The van der Waals surface area contributed by atoms with Gasteiger partial charge in [0.25, 0.3) is 0 Å². The topological polar surface area (TPSA) is 15.3 Å². The Kier molecular flexibility index (Phi) is 4.02. The van der Waals surface area contributed by atoms with Gasteiger partial charge in [0.1, 0.15) is 0 Å². The summed E-state index contributed by atoms with van der Waals surface area (Å²) in [5.74, 6) is 2.98. The van der Waals surface area contributed by atoms with Crippen molar-refractivity contribution in [3.63, 3.8) is 0 Å². The number of hydrogen-bond donors (Lipinski definition) is 1. The van der Waals surface area contributed by atoms with E-state index >= 15 is 0 Å². The molecule has 3 rings (SSSR count). The largest absolute Gasteiger partial charge is 0.374 e. The summed E-state index contributed by atoms with van der Waals surface area (Å²) in [6.45, 7) is 3.47. The molecule has 1 N–H and O–H groups in total. The fourth-order valence-electron chi connectivity index (χ4n) is 4.41. The Labute approximate surface area is 123 Å². The molecule has 20 heavy (non-hydrogen) atoms. The van der Waals surface area contributed by atoms with Gasteiger partial charge in [-0.1, -0.05) is 24.6 Å². The van der Waals surface area contributed by atoms with Crippen LogP contribution in [0.5, 0.6) is 0 Å². The van der Waals surface area contributed by atoms with Crippen LogP contribution in [0.4, 0.5) is 5.69 Å². The van der Waals surface area contributed by atoms with E-state index in [0.29, 0.717) is 6.04 Å². The second-order valence-corrected chi connectivity index (χ2v) is 6.88. The average Bonchev–Trinajstić information content (AvgIpc) is 3.09. The van der Waals surface area contributed by atoms with E-state index in [1.54, 1.807) is 0 Å². The molecule has 2 aliphatic carbocycles. The number of hydrogen-bond acceptors (Lipinski definition) is 2. The summed E-state index contributed by atoms with van der Waals surface area (Å²) in [4.78, 5) is 2.49. The third-order valence-corrected chi connectivity index (χ3v) is 5.64. The minimum Gasteiger partial charge on any atom is -0.374 e. The van der Waals surface area contributed by atoms with Crippen LogP contribution >= 0.6 is 0 Å². The first-order chi connectivity index (χ1) is 9.69. The molecule has 2 saturated carbocycles. The second kappa shape index (κ2) is 5.77. The molecule has 4 atom stereocenters. The second-order valence-electron chi connectivity index (χ2n) is 6.88. The van der Waals surface area contributed by atoms with Crippen LogP contribution in [0.1, 0.15) is 44.2 Å². The minimum absolute atomic E-state index is 0.411. The molecule has 1 aromatic rings. The third-order valence-electron chi connectivity index (χ3n) is 5.64. The van der Waals surface area contributed by atoms with E-state index in [2.05, 4.69) is 48.5 Å². The SMILES string of the molecule is CNC(C)c1ccccc1N(C)CC1CC2CCC1C2. The first kappa shape index (κ1) is 13.9. The number of fused-ring (bicyclic) bond motifs is 2. The van der Waals surface area contributed by atoms with E-state index in [0.717, 1.165) is 17.8 Å². The molecule has 2 fully saturated rings.